The van der Waals surface area contributed by atoms with E-state index in [4.69, 9.17) is 9.47 Å². The first-order chi connectivity index (χ1) is 8.36. The van der Waals surface area contributed by atoms with Crippen molar-refractivity contribution in [2.45, 2.75) is 12.8 Å². The van der Waals surface area contributed by atoms with Crippen LogP contribution in [0.1, 0.15) is 23.2 Å². The van der Waals surface area contributed by atoms with E-state index in [0.717, 1.165) is 18.4 Å². The van der Waals surface area contributed by atoms with Crippen molar-refractivity contribution in [2.24, 2.45) is 0 Å². The third kappa shape index (κ3) is 1.87. The number of Topliss-reactive ketones (excluding diaryl/α,β-unsaturated/α-hetero) is 1. The molecule has 0 unspecified atom stereocenters. The Morgan fingerprint density at radius 2 is 1.82 bits per heavy atom. The second kappa shape index (κ2) is 4.34. The summed E-state index contributed by atoms with van der Waals surface area (Å²) in [5.74, 6) is 0.831. The molecule has 1 aromatic carbocycles. The molecule has 0 spiro atoms. The summed E-state index contributed by atoms with van der Waals surface area (Å²) in [6.07, 6.45) is 1.71. The molecule has 3 rings (SSSR count). The van der Waals surface area contributed by atoms with E-state index in [9.17, 15) is 4.79 Å². The highest BCUT2D eigenvalue weighted by Crippen LogP contribution is 2.30. The molecule has 88 valence electrons. The van der Waals surface area contributed by atoms with Gasteiger partial charge in [0.25, 0.3) is 0 Å². The van der Waals surface area contributed by atoms with Gasteiger partial charge in [-0.05, 0) is 25.0 Å². The number of hydrogen-bond donors (Lipinski definition) is 0. The molecule has 0 aliphatic carbocycles. The lowest BCUT2D eigenvalue weighted by Gasteiger charge is -2.23. The predicted octanol–water partition coefficient (Wildman–Crippen LogP) is 2.37. The highest BCUT2D eigenvalue weighted by Gasteiger charge is 2.26. The Morgan fingerprint density at radius 3 is 2.65 bits per heavy atom. The lowest BCUT2D eigenvalue weighted by molar-refractivity contribution is 0.0980. The highest BCUT2D eigenvalue weighted by atomic mass is 16.5. The van der Waals surface area contributed by atoms with Gasteiger partial charge in [0.15, 0.2) is 5.78 Å². The van der Waals surface area contributed by atoms with E-state index < -0.39 is 0 Å². The van der Waals surface area contributed by atoms with Gasteiger partial charge in [0.05, 0.1) is 18.8 Å². The Kier molecular flexibility index (Phi) is 2.69. The smallest absolute Gasteiger partial charge is 0.196 e. The van der Waals surface area contributed by atoms with Gasteiger partial charge in [-0.25, -0.2) is 0 Å². The molecule has 1 saturated heterocycles. The molecular formula is C14H14O3. The second-order valence-electron chi connectivity index (χ2n) is 4.31. The summed E-state index contributed by atoms with van der Waals surface area (Å²) in [4.78, 5) is 12.3. The molecule has 1 aromatic rings. The maximum absolute atomic E-state index is 12.3. The van der Waals surface area contributed by atoms with E-state index in [1.807, 2.05) is 24.3 Å². The Hall–Kier alpha value is -1.61. The molecule has 2 aliphatic rings. The first-order valence-electron chi connectivity index (χ1n) is 5.91. The largest absolute Gasteiger partial charge is 0.488 e. The molecule has 3 heteroatoms. The van der Waals surface area contributed by atoms with Gasteiger partial charge in [-0.1, -0.05) is 17.7 Å². The highest BCUT2D eigenvalue weighted by molar-refractivity contribution is 6.12. The summed E-state index contributed by atoms with van der Waals surface area (Å²) >= 11 is 0. The van der Waals surface area contributed by atoms with Gasteiger partial charge in [0.2, 0.25) is 0 Å². The topological polar surface area (TPSA) is 35.5 Å². The van der Waals surface area contributed by atoms with Gasteiger partial charge >= 0.3 is 0 Å². The molecule has 0 N–H and O–H groups in total. The molecule has 0 aromatic heterocycles. The number of rotatable bonds is 0. The molecule has 0 saturated carbocycles. The number of benzene rings is 1. The van der Waals surface area contributed by atoms with Crippen molar-refractivity contribution in [3.8, 4) is 5.75 Å². The van der Waals surface area contributed by atoms with Crippen molar-refractivity contribution in [1.82, 2.24) is 0 Å². The van der Waals surface area contributed by atoms with Crippen LogP contribution in [0.4, 0.5) is 0 Å². The minimum atomic E-state index is 0.128. The fourth-order valence-electron chi connectivity index (χ4n) is 2.34. The molecule has 0 radical (unpaired) electrons. The molecule has 2 aliphatic heterocycles. The molecule has 0 atom stereocenters. The minimum Gasteiger partial charge on any atom is -0.488 e. The first kappa shape index (κ1) is 10.5. The van der Waals surface area contributed by atoms with Gasteiger partial charge in [-0.3, -0.25) is 4.79 Å². The zero-order valence-electron chi connectivity index (χ0n) is 9.57. The monoisotopic (exact) mass is 230 g/mol. The van der Waals surface area contributed by atoms with Crippen LogP contribution in [0.2, 0.25) is 0 Å². The summed E-state index contributed by atoms with van der Waals surface area (Å²) in [6.45, 7) is 1.84. The molecular weight excluding hydrogens is 216 g/mol. The predicted molar refractivity (Wildman–Crippen MR) is 63.3 cm³/mol. The van der Waals surface area contributed by atoms with E-state index in [2.05, 4.69) is 0 Å². The number of ether oxygens (including phenoxy) is 2. The molecule has 0 amide bonds. The van der Waals surface area contributed by atoms with Crippen molar-refractivity contribution in [2.75, 3.05) is 19.8 Å². The SMILES string of the molecule is O=C1C(=C2CCOCC2)COc2ccccc21. The van der Waals surface area contributed by atoms with Crippen LogP contribution in [0, 0.1) is 0 Å². The number of fused-ring (bicyclic) bond motifs is 1. The van der Waals surface area contributed by atoms with Crippen LogP contribution in [0.25, 0.3) is 0 Å². The van der Waals surface area contributed by atoms with Gasteiger partial charge in [0, 0.05) is 5.57 Å². The average molecular weight is 230 g/mol. The lowest BCUT2D eigenvalue weighted by Crippen LogP contribution is -2.23. The van der Waals surface area contributed by atoms with E-state index in [1.54, 1.807) is 0 Å². The van der Waals surface area contributed by atoms with Crippen LogP contribution >= 0.6 is 0 Å². The number of carbonyl (C=O) groups is 1. The average Bonchev–Trinajstić information content (AvgIpc) is 2.40. The van der Waals surface area contributed by atoms with E-state index in [-0.39, 0.29) is 5.78 Å². The van der Waals surface area contributed by atoms with Gasteiger partial charge in [-0.15, -0.1) is 0 Å². The van der Waals surface area contributed by atoms with E-state index >= 15 is 0 Å². The third-order valence-corrected chi connectivity index (χ3v) is 3.30. The Morgan fingerprint density at radius 1 is 1.06 bits per heavy atom. The zero-order chi connectivity index (χ0) is 11.7. The summed E-state index contributed by atoms with van der Waals surface area (Å²) in [7, 11) is 0. The lowest BCUT2D eigenvalue weighted by atomic mass is 9.92. The van der Waals surface area contributed by atoms with Crippen LogP contribution in [0.15, 0.2) is 35.4 Å². The Balaban J connectivity index is 1.98. The van der Waals surface area contributed by atoms with Gasteiger partial charge in [-0.2, -0.15) is 0 Å². The minimum absolute atomic E-state index is 0.128. The fraction of sp³-hybridized carbons (Fsp3) is 0.357. The van der Waals surface area contributed by atoms with E-state index in [1.165, 1.54) is 5.57 Å². The molecule has 3 nitrogen and oxygen atoms in total. The maximum atomic E-state index is 12.3. The Bertz CT molecular complexity index is 480. The molecule has 17 heavy (non-hydrogen) atoms. The van der Waals surface area contributed by atoms with Crippen LogP contribution in [-0.2, 0) is 4.74 Å². The summed E-state index contributed by atoms with van der Waals surface area (Å²) in [5.41, 5.74) is 2.73. The van der Waals surface area contributed by atoms with E-state index in [0.29, 0.717) is 31.1 Å². The zero-order valence-corrected chi connectivity index (χ0v) is 9.57. The normalized spacial score (nSPS) is 19.9. The molecule has 1 fully saturated rings. The van der Waals surface area contributed by atoms with Gasteiger partial charge in [0.1, 0.15) is 12.4 Å². The van der Waals surface area contributed by atoms with Crippen molar-refractivity contribution in [1.29, 1.82) is 0 Å². The second-order valence-corrected chi connectivity index (χ2v) is 4.31. The number of carbonyl (C=O) groups excluding carboxylic acids is 1. The third-order valence-electron chi connectivity index (χ3n) is 3.30. The number of hydrogen-bond acceptors (Lipinski definition) is 3. The summed E-state index contributed by atoms with van der Waals surface area (Å²) in [6, 6.07) is 7.44. The van der Waals surface area contributed by atoms with Crippen molar-refractivity contribution < 1.29 is 14.3 Å². The van der Waals surface area contributed by atoms with Crippen molar-refractivity contribution in [3.63, 3.8) is 0 Å². The quantitative estimate of drug-likeness (QED) is 0.642. The first-order valence-corrected chi connectivity index (χ1v) is 5.91. The molecule has 0 bridgehead atoms. The maximum Gasteiger partial charge on any atom is 0.196 e. The number of para-hydroxylation sites is 1. The summed E-state index contributed by atoms with van der Waals surface area (Å²) < 4.78 is 10.9. The van der Waals surface area contributed by atoms with Crippen LogP contribution < -0.4 is 4.74 Å². The summed E-state index contributed by atoms with van der Waals surface area (Å²) in [5, 5.41) is 0. The Labute approximate surface area is 100 Å². The van der Waals surface area contributed by atoms with Crippen LogP contribution in [0.5, 0.6) is 5.75 Å². The van der Waals surface area contributed by atoms with Gasteiger partial charge < -0.3 is 9.47 Å². The fourth-order valence-corrected chi connectivity index (χ4v) is 2.34. The standard InChI is InChI=1S/C14H14O3/c15-14-11-3-1-2-4-13(11)17-9-12(14)10-5-7-16-8-6-10/h1-4H,5-9H2. The van der Waals surface area contributed by atoms with Crippen molar-refractivity contribution >= 4 is 5.78 Å². The van der Waals surface area contributed by atoms with Crippen LogP contribution in [0.3, 0.4) is 0 Å². The van der Waals surface area contributed by atoms with Crippen LogP contribution in [-0.4, -0.2) is 25.6 Å². The number of ketones is 1. The van der Waals surface area contributed by atoms with Crippen molar-refractivity contribution in [3.05, 3.63) is 41.0 Å². The molecule has 2 heterocycles.